The van der Waals surface area contributed by atoms with Gasteiger partial charge in [0.05, 0.1) is 23.7 Å². The summed E-state index contributed by atoms with van der Waals surface area (Å²) < 4.78 is 29.1. The molecule has 3 rings (SSSR count). The number of sulfone groups is 1. The molecule has 26 heavy (non-hydrogen) atoms. The zero-order chi connectivity index (χ0) is 18.6. The van der Waals surface area contributed by atoms with Gasteiger partial charge in [-0.15, -0.1) is 0 Å². The maximum Gasteiger partial charge on any atom is 0.241 e. The van der Waals surface area contributed by atoms with E-state index in [4.69, 9.17) is 4.74 Å². The molecule has 1 heterocycles. The first-order valence-corrected chi connectivity index (χ1v) is 10.3. The van der Waals surface area contributed by atoms with Crippen molar-refractivity contribution >= 4 is 21.4 Å². The minimum absolute atomic E-state index is 0.0446. The molecule has 7 heteroatoms. The van der Waals surface area contributed by atoms with Crippen molar-refractivity contribution in [2.45, 2.75) is 12.5 Å². The van der Waals surface area contributed by atoms with Gasteiger partial charge in [0.15, 0.2) is 15.6 Å². The molecule has 2 aromatic carbocycles. The second-order valence-corrected chi connectivity index (χ2v) is 8.56. The summed E-state index contributed by atoms with van der Waals surface area (Å²) in [6.45, 7) is 0.0716. The molecule has 0 saturated carbocycles. The Morgan fingerprint density at radius 2 is 1.85 bits per heavy atom. The lowest BCUT2D eigenvalue weighted by Gasteiger charge is -2.24. The number of carbonyl (C=O) groups is 1. The van der Waals surface area contributed by atoms with Crippen LogP contribution in [0.3, 0.4) is 0 Å². The summed E-state index contributed by atoms with van der Waals surface area (Å²) in [5.41, 5.74) is 0.706. The topological polar surface area (TPSA) is 75.7 Å². The highest BCUT2D eigenvalue weighted by Crippen LogP contribution is 2.29. The Morgan fingerprint density at radius 3 is 2.54 bits per heavy atom. The van der Waals surface area contributed by atoms with Crippen molar-refractivity contribution in [2.75, 3.05) is 30.4 Å². The van der Waals surface area contributed by atoms with Gasteiger partial charge in [-0.3, -0.25) is 4.79 Å². The molecule has 0 aliphatic carbocycles. The van der Waals surface area contributed by atoms with Crippen molar-refractivity contribution < 1.29 is 17.9 Å². The Labute approximate surface area is 153 Å². The molecule has 6 nitrogen and oxygen atoms in total. The van der Waals surface area contributed by atoms with Gasteiger partial charge >= 0.3 is 0 Å². The largest absolute Gasteiger partial charge is 0.455 e. The van der Waals surface area contributed by atoms with E-state index >= 15 is 0 Å². The van der Waals surface area contributed by atoms with E-state index in [2.05, 4.69) is 5.32 Å². The maximum absolute atomic E-state index is 12.4. The zero-order valence-electron chi connectivity index (χ0n) is 14.6. The number of anilines is 1. The predicted molar refractivity (Wildman–Crippen MR) is 101 cm³/mol. The third-order valence-electron chi connectivity index (χ3n) is 4.44. The number of nitrogens with one attached hydrogen (secondary N) is 1. The molecule has 1 atom stereocenters. The Morgan fingerprint density at radius 1 is 1.15 bits per heavy atom. The van der Waals surface area contributed by atoms with E-state index in [0.717, 1.165) is 0 Å². The lowest BCUT2D eigenvalue weighted by Crippen LogP contribution is -2.40. The van der Waals surface area contributed by atoms with E-state index < -0.39 is 9.84 Å². The van der Waals surface area contributed by atoms with Gasteiger partial charge in [-0.1, -0.05) is 30.3 Å². The van der Waals surface area contributed by atoms with E-state index in [1.165, 1.54) is 4.90 Å². The van der Waals surface area contributed by atoms with Crippen LogP contribution < -0.4 is 10.1 Å². The summed E-state index contributed by atoms with van der Waals surface area (Å²) in [6, 6.07) is 16.5. The number of rotatable bonds is 6. The fraction of sp³-hybridized carbons (Fsp3) is 0.316. The molecule has 0 aromatic heterocycles. The molecule has 1 aliphatic heterocycles. The highest BCUT2D eigenvalue weighted by Gasteiger charge is 2.32. The van der Waals surface area contributed by atoms with Crippen LogP contribution in [0.1, 0.15) is 6.42 Å². The predicted octanol–water partition coefficient (Wildman–Crippen LogP) is 2.54. The number of benzene rings is 2. The van der Waals surface area contributed by atoms with Crippen LogP contribution in [-0.2, 0) is 14.6 Å². The summed E-state index contributed by atoms with van der Waals surface area (Å²) in [6.07, 6.45) is 0.498. The van der Waals surface area contributed by atoms with Crippen LogP contribution in [0.15, 0.2) is 54.6 Å². The molecular weight excluding hydrogens is 352 g/mol. The normalized spacial score (nSPS) is 18.3. The van der Waals surface area contributed by atoms with Crippen LogP contribution in [0.4, 0.5) is 5.69 Å². The van der Waals surface area contributed by atoms with E-state index in [0.29, 0.717) is 23.6 Å². The number of hydrogen-bond acceptors (Lipinski definition) is 5. The first-order valence-electron chi connectivity index (χ1n) is 8.46. The number of likely N-dealkylation sites (N-methyl/N-ethyl adjacent to an activating group) is 1. The third kappa shape index (κ3) is 4.54. The number of carbonyl (C=O) groups excluding carboxylic acids is 1. The summed E-state index contributed by atoms with van der Waals surface area (Å²) in [4.78, 5) is 13.9. The first-order chi connectivity index (χ1) is 12.4. The van der Waals surface area contributed by atoms with Crippen LogP contribution in [0.5, 0.6) is 11.5 Å². The fourth-order valence-electron chi connectivity index (χ4n) is 2.90. The van der Waals surface area contributed by atoms with Crippen molar-refractivity contribution in [1.82, 2.24) is 4.90 Å². The zero-order valence-corrected chi connectivity index (χ0v) is 15.4. The van der Waals surface area contributed by atoms with Gasteiger partial charge in [0.1, 0.15) is 5.75 Å². The molecule has 1 N–H and O–H groups in total. The minimum Gasteiger partial charge on any atom is -0.455 e. The molecule has 2 aromatic rings. The fourth-order valence-corrected chi connectivity index (χ4v) is 4.67. The third-order valence-corrected chi connectivity index (χ3v) is 6.19. The van der Waals surface area contributed by atoms with E-state index in [1.54, 1.807) is 7.05 Å². The highest BCUT2D eigenvalue weighted by molar-refractivity contribution is 7.91. The van der Waals surface area contributed by atoms with Gasteiger partial charge in [0.2, 0.25) is 5.91 Å². The number of hydrogen-bond donors (Lipinski definition) is 1. The monoisotopic (exact) mass is 374 g/mol. The van der Waals surface area contributed by atoms with Gasteiger partial charge in [-0.2, -0.15) is 0 Å². The molecule has 1 saturated heterocycles. The lowest BCUT2D eigenvalue weighted by molar-refractivity contribution is -0.129. The summed E-state index contributed by atoms with van der Waals surface area (Å²) in [7, 11) is -1.36. The summed E-state index contributed by atoms with van der Waals surface area (Å²) in [5, 5.41) is 3.09. The van der Waals surface area contributed by atoms with E-state index in [1.807, 2.05) is 54.6 Å². The number of para-hydroxylation sites is 3. The van der Waals surface area contributed by atoms with Crippen molar-refractivity contribution in [3.8, 4) is 11.5 Å². The second kappa shape index (κ2) is 7.78. The minimum atomic E-state index is -3.02. The van der Waals surface area contributed by atoms with Crippen LogP contribution in [0, 0.1) is 0 Å². The Hall–Kier alpha value is -2.54. The maximum atomic E-state index is 12.4. The van der Waals surface area contributed by atoms with Gasteiger partial charge < -0.3 is 15.0 Å². The number of amides is 1. The number of nitrogens with zero attached hydrogens (tertiary/aromatic N) is 1. The Balaban J connectivity index is 1.62. The molecule has 1 amide bonds. The Kier molecular flexibility index (Phi) is 5.46. The van der Waals surface area contributed by atoms with E-state index in [-0.39, 0.29) is 30.0 Å². The standard InChI is InChI=1S/C19H22N2O4S/c1-21(15-11-12-26(23,24)14-15)19(22)13-20-17-9-5-6-10-18(17)25-16-7-3-2-4-8-16/h2-10,15,20H,11-14H2,1H3. The van der Waals surface area contributed by atoms with Gasteiger partial charge in [0.25, 0.3) is 0 Å². The first kappa shape index (κ1) is 18.3. The average molecular weight is 374 g/mol. The second-order valence-electron chi connectivity index (χ2n) is 6.33. The van der Waals surface area contributed by atoms with E-state index in [9.17, 15) is 13.2 Å². The highest BCUT2D eigenvalue weighted by atomic mass is 32.2. The van der Waals surface area contributed by atoms with Gasteiger partial charge in [-0.05, 0) is 30.7 Å². The molecule has 1 fully saturated rings. The molecule has 0 spiro atoms. The SMILES string of the molecule is CN(C(=O)CNc1ccccc1Oc1ccccc1)C1CCS(=O)(=O)C1. The molecule has 1 aliphatic rings. The van der Waals surface area contributed by atoms with Crippen LogP contribution in [0.25, 0.3) is 0 Å². The van der Waals surface area contributed by atoms with Crippen LogP contribution in [-0.4, -0.2) is 50.4 Å². The van der Waals surface area contributed by atoms with Crippen molar-refractivity contribution in [1.29, 1.82) is 0 Å². The Bertz CT molecular complexity index is 868. The molecule has 0 radical (unpaired) electrons. The smallest absolute Gasteiger partial charge is 0.241 e. The molecule has 138 valence electrons. The average Bonchev–Trinajstić information content (AvgIpc) is 3.01. The lowest BCUT2D eigenvalue weighted by atomic mass is 10.2. The van der Waals surface area contributed by atoms with Crippen molar-refractivity contribution in [2.24, 2.45) is 0 Å². The number of ether oxygens (including phenoxy) is 1. The molecule has 0 bridgehead atoms. The van der Waals surface area contributed by atoms with Crippen molar-refractivity contribution in [3.63, 3.8) is 0 Å². The summed E-state index contributed by atoms with van der Waals surface area (Å²) >= 11 is 0. The van der Waals surface area contributed by atoms with Gasteiger partial charge in [0, 0.05) is 13.1 Å². The van der Waals surface area contributed by atoms with Gasteiger partial charge in [-0.25, -0.2) is 8.42 Å². The van der Waals surface area contributed by atoms with Crippen molar-refractivity contribution in [3.05, 3.63) is 54.6 Å². The van der Waals surface area contributed by atoms with Crippen LogP contribution in [0.2, 0.25) is 0 Å². The summed E-state index contributed by atoms with van der Waals surface area (Å²) in [5.74, 6) is 1.37. The quantitative estimate of drug-likeness (QED) is 0.841. The van der Waals surface area contributed by atoms with Crippen LogP contribution >= 0.6 is 0 Å². The molecular formula is C19H22N2O4S. The molecule has 1 unspecified atom stereocenters.